The van der Waals surface area contributed by atoms with Crippen molar-refractivity contribution < 1.29 is 22.4 Å². The first-order valence-corrected chi connectivity index (χ1v) is 10.8. The van der Waals surface area contributed by atoms with E-state index in [9.17, 15) is 18.0 Å². The van der Waals surface area contributed by atoms with E-state index in [-0.39, 0.29) is 20.8 Å². The first-order valence-electron chi connectivity index (χ1n) is 8.82. The standard InChI is InChI=1S/C21H10Cl3F3N2O2S/c22-10-4-6-15(12(8-10)21(25,26)27)28-20-29-19(30)17(32-20)9-11-5-7-16(31-11)18-13(23)2-1-3-14(18)24/h1-9H,(H,28,29,30)/b17-9+. The highest BCUT2D eigenvalue weighted by Crippen LogP contribution is 2.40. The van der Waals surface area contributed by atoms with E-state index in [0.717, 1.165) is 23.9 Å². The molecule has 4 rings (SSSR count). The van der Waals surface area contributed by atoms with Crippen molar-refractivity contribution >= 4 is 69.4 Å². The van der Waals surface area contributed by atoms with Crippen molar-refractivity contribution in [3.63, 3.8) is 0 Å². The van der Waals surface area contributed by atoms with E-state index in [4.69, 9.17) is 39.2 Å². The molecule has 0 spiro atoms. The zero-order chi connectivity index (χ0) is 23.0. The van der Waals surface area contributed by atoms with Crippen molar-refractivity contribution in [2.24, 2.45) is 4.99 Å². The molecule has 1 N–H and O–H groups in total. The highest BCUT2D eigenvalue weighted by molar-refractivity contribution is 8.18. The van der Waals surface area contributed by atoms with Gasteiger partial charge in [-0.3, -0.25) is 4.79 Å². The lowest BCUT2D eigenvalue weighted by Crippen LogP contribution is -2.19. The van der Waals surface area contributed by atoms with Gasteiger partial charge in [0.25, 0.3) is 5.91 Å². The van der Waals surface area contributed by atoms with Gasteiger partial charge in [-0.1, -0.05) is 40.9 Å². The van der Waals surface area contributed by atoms with Crippen molar-refractivity contribution in [1.82, 2.24) is 5.32 Å². The number of hydrogen-bond donors (Lipinski definition) is 1. The summed E-state index contributed by atoms with van der Waals surface area (Å²) in [6.45, 7) is 0. The zero-order valence-electron chi connectivity index (χ0n) is 15.6. The Morgan fingerprint density at radius 3 is 2.44 bits per heavy atom. The van der Waals surface area contributed by atoms with Gasteiger partial charge in [-0.2, -0.15) is 13.2 Å². The summed E-state index contributed by atoms with van der Waals surface area (Å²) in [5, 5.41) is 3.17. The van der Waals surface area contributed by atoms with Crippen LogP contribution in [0.1, 0.15) is 11.3 Å². The molecular formula is C21H10Cl3F3N2O2S. The molecule has 0 saturated carbocycles. The summed E-state index contributed by atoms with van der Waals surface area (Å²) in [6, 6.07) is 11.5. The number of nitrogens with one attached hydrogen (secondary N) is 1. The number of carbonyl (C=O) groups excluding carboxylic acids is 1. The fourth-order valence-corrected chi connectivity index (χ4v) is 4.42. The first-order chi connectivity index (χ1) is 15.1. The van der Waals surface area contributed by atoms with E-state index in [2.05, 4.69) is 10.3 Å². The third-order valence-corrected chi connectivity index (χ3v) is 6.02. The molecule has 1 aromatic heterocycles. The van der Waals surface area contributed by atoms with Gasteiger partial charge in [0.2, 0.25) is 0 Å². The number of benzene rings is 2. The molecule has 0 radical (unpaired) electrons. The zero-order valence-corrected chi connectivity index (χ0v) is 18.7. The topological polar surface area (TPSA) is 54.6 Å². The van der Waals surface area contributed by atoms with Crippen LogP contribution in [0, 0.1) is 0 Å². The minimum atomic E-state index is -4.65. The fourth-order valence-electron chi connectivity index (χ4n) is 2.85. The Morgan fingerprint density at radius 2 is 1.75 bits per heavy atom. The van der Waals surface area contributed by atoms with E-state index in [1.54, 1.807) is 30.3 Å². The number of carbonyl (C=O) groups is 1. The molecule has 2 heterocycles. The molecule has 0 bridgehead atoms. The Morgan fingerprint density at radius 1 is 1.03 bits per heavy atom. The van der Waals surface area contributed by atoms with Crippen molar-refractivity contribution in [3.8, 4) is 11.3 Å². The lowest BCUT2D eigenvalue weighted by Gasteiger charge is -2.10. The lowest BCUT2D eigenvalue weighted by atomic mass is 10.2. The molecule has 1 saturated heterocycles. The monoisotopic (exact) mass is 516 g/mol. The number of halogens is 6. The Bertz CT molecular complexity index is 1270. The molecule has 0 aliphatic carbocycles. The number of alkyl halides is 3. The molecule has 1 aliphatic rings. The Labute approximate surface area is 199 Å². The van der Waals surface area contributed by atoms with Crippen molar-refractivity contribution in [2.45, 2.75) is 6.18 Å². The summed E-state index contributed by atoms with van der Waals surface area (Å²) in [5.41, 5.74) is -0.856. The van der Waals surface area contributed by atoms with Gasteiger partial charge in [0, 0.05) is 11.1 Å². The maximum atomic E-state index is 13.3. The van der Waals surface area contributed by atoms with Crippen LogP contribution in [0.4, 0.5) is 18.9 Å². The second-order valence-electron chi connectivity index (χ2n) is 6.44. The summed E-state index contributed by atoms with van der Waals surface area (Å²) in [5.74, 6) is 0.211. The minimum Gasteiger partial charge on any atom is -0.457 e. The highest BCUT2D eigenvalue weighted by Gasteiger charge is 2.34. The van der Waals surface area contributed by atoms with Crippen LogP contribution in [-0.4, -0.2) is 11.1 Å². The van der Waals surface area contributed by atoms with Crippen LogP contribution in [0.2, 0.25) is 15.1 Å². The molecule has 3 aromatic rings. The molecule has 1 fully saturated rings. The van der Waals surface area contributed by atoms with Crippen LogP contribution in [0.3, 0.4) is 0 Å². The second kappa shape index (κ2) is 8.86. The molecule has 11 heteroatoms. The quantitative estimate of drug-likeness (QED) is 0.360. The second-order valence-corrected chi connectivity index (χ2v) is 8.72. The number of amidine groups is 1. The van der Waals surface area contributed by atoms with Gasteiger partial charge in [0.15, 0.2) is 5.17 Å². The van der Waals surface area contributed by atoms with Gasteiger partial charge < -0.3 is 9.73 Å². The molecule has 164 valence electrons. The van der Waals surface area contributed by atoms with E-state index in [1.165, 1.54) is 12.1 Å². The number of rotatable bonds is 3. The van der Waals surface area contributed by atoms with Crippen LogP contribution >= 0.6 is 46.6 Å². The Balaban J connectivity index is 1.61. The number of aliphatic imine (C=N–C) groups is 1. The molecular weight excluding hydrogens is 508 g/mol. The maximum Gasteiger partial charge on any atom is 0.418 e. The average Bonchev–Trinajstić information content (AvgIpc) is 3.29. The van der Waals surface area contributed by atoms with Crippen LogP contribution in [0.5, 0.6) is 0 Å². The Hall–Kier alpha value is -2.39. The summed E-state index contributed by atoms with van der Waals surface area (Å²) >= 11 is 18.9. The van der Waals surface area contributed by atoms with Crippen LogP contribution < -0.4 is 5.32 Å². The molecule has 1 amide bonds. The first kappa shape index (κ1) is 22.8. The number of amides is 1. The van der Waals surface area contributed by atoms with Crippen LogP contribution in [-0.2, 0) is 11.0 Å². The van der Waals surface area contributed by atoms with Crippen molar-refractivity contribution in [2.75, 3.05) is 0 Å². The molecule has 0 atom stereocenters. The van der Waals surface area contributed by atoms with Gasteiger partial charge in [-0.25, -0.2) is 4.99 Å². The Kier molecular flexibility index (Phi) is 6.31. The third-order valence-electron chi connectivity index (χ3n) is 4.25. The van der Waals surface area contributed by atoms with E-state index < -0.39 is 17.6 Å². The largest absolute Gasteiger partial charge is 0.457 e. The minimum absolute atomic E-state index is 0.00463. The summed E-state index contributed by atoms with van der Waals surface area (Å²) < 4.78 is 45.6. The van der Waals surface area contributed by atoms with Gasteiger partial charge in [-0.15, -0.1) is 0 Å². The summed E-state index contributed by atoms with van der Waals surface area (Å²) in [7, 11) is 0. The van der Waals surface area contributed by atoms with E-state index in [0.29, 0.717) is 27.1 Å². The number of thioether (sulfide) groups is 1. The van der Waals surface area contributed by atoms with Gasteiger partial charge >= 0.3 is 6.18 Å². The predicted molar refractivity (Wildman–Crippen MR) is 121 cm³/mol. The van der Waals surface area contributed by atoms with Crippen LogP contribution in [0.15, 0.2) is 62.8 Å². The van der Waals surface area contributed by atoms with Crippen molar-refractivity contribution in [1.29, 1.82) is 0 Å². The molecule has 2 aromatic carbocycles. The number of nitrogens with zero attached hydrogens (tertiary/aromatic N) is 1. The third kappa shape index (κ3) is 4.83. The summed E-state index contributed by atoms with van der Waals surface area (Å²) in [4.78, 5) is 16.4. The maximum absolute atomic E-state index is 13.3. The predicted octanol–water partition coefficient (Wildman–Crippen LogP) is 7.82. The van der Waals surface area contributed by atoms with Gasteiger partial charge in [-0.05, 0) is 54.2 Å². The van der Waals surface area contributed by atoms with Crippen LogP contribution in [0.25, 0.3) is 17.4 Å². The van der Waals surface area contributed by atoms with Gasteiger partial charge in [0.05, 0.1) is 31.8 Å². The van der Waals surface area contributed by atoms with Gasteiger partial charge in [0.1, 0.15) is 11.5 Å². The van der Waals surface area contributed by atoms with E-state index >= 15 is 0 Å². The number of hydrogen-bond acceptors (Lipinski definition) is 4. The highest BCUT2D eigenvalue weighted by atomic mass is 35.5. The SMILES string of the molecule is O=C1NC(=Nc2ccc(Cl)cc2C(F)(F)F)S/C1=C/c1ccc(-c2c(Cl)cccc2Cl)o1. The number of furan rings is 1. The van der Waals surface area contributed by atoms with E-state index in [1.807, 2.05) is 0 Å². The molecule has 32 heavy (non-hydrogen) atoms. The normalized spacial score (nSPS) is 16.8. The smallest absolute Gasteiger partial charge is 0.418 e. The fraction of sp³-hybridized carbons (Fsp3) is 0.0476. The molecule has 1 aliphatic heterocycles. The summed E-state index contributed by atoms with van der Waals surface area (Å²) in [6.07, 6.45) is -3.20. The average molecular weight is 518 g/mol. The molecule has 0 unspecified atom stereocenters. The lowest BCUT2D eigenvalue weighted by molar-refractivity contribution is -0.137. The molecule has 4 nitrogen and oxygen atoms in total. The van der Waals surface area contributed by atoms with Crippen molar-refractivity contribution in [3.05, 3.63) is 79.8 Å².